The lowest BCUT2D eigenvalue weighted by molar-refractivity contribution is -0.0498. The molecule has 0 aliphatic heterocycles. The van der Waals surface area contributed by atoms with E-state index in [1.807, 2.05) is 0 Å². The molecule has 0 aliphatic rings. The van der Waals surface area contributed by atoms with Crippen LogP contribution in [0.15, 0.2) is 36.7 Å². The van der Waals surface area contributed by atoms with Crippen LogP contribution >= 0.6 is 11.6 Å². The Hall–Kier alpha value is -1.62. The highest BCUT2D eigenvalue weighted by Gasteiger charge is 2.12. The molecule has 0 spiro atoms. The second kappa shape index (κ2) is 5.82. The lowest BCUT2D eigenvalue weighted by Crippen LogP contribution is -2.03. The van der Waals surface area contributed by atoms with Gasteiger partial charge in [-0.2, -0.15) is 8.78 Å². The van der Waals surface area contributed by atoms with Crippen molar-refractivity contribution in [3.05, 3.63) is 48.0 Å². The quantitative estimate of drug-likeness (QED) is 0.846. The van der Waals surface area contributed by atoms with Gasteiger partial charge < -0.3 is 9.72 Å². The summed E-state index contributed by atoms with van der Waals surface area (Å²) in [4.78, 5) is 7.00. The number of halogens is 3. The summed E-state index contributed by atoms with van der Waals surface area (Å²) >= 11 is 6.20. The van der Waals surface area contributed by atoms with Gasteiger partial charge in [0.05, 0.1) is 5.38 Å². The van der Waals surface area contributed by atoms with E-state index in [1.165, 1.54) is 12.1 Å². The molecule has 0 amide bonds. The average molecular weight is 273 g/mol. The lowest BCUT2D eigenvalue weighted by atomic mass is 10.1. The van der Waals surface area contributed by atoms with E-state index < -0.39 is 6.61 Å². The maximum absolute atomic E-state index is 12.1. The third kappa shape index (κ3) is 3.43. The Morgan fingerprint density at radius 3 is 2.89 bits per heavy atom. The molecule has 0 aliphatic carbocycles. The van der Waals surface area contributed by atoms with E-state index in [1.54, 1.807) is 24.5 Å². The van der Waals surface area contributed by atoms with Crippen molar-refractivity contribution in [2.75, 3.05) is 0 Å². The van der Waals surface area contributed by atoms with E-state index in [0.29, 0.717) is 12.0 Å². The van der Waals surface area contributed by atoms with E-state index in [9.17, 15) is 8.78 Å². The van der Waals surface area contributed by atoms with Crippen LogP contribution in [0.25, 0.3) is 0 Å². The molecule has 0 radical (unpaired) electrons. The molecular weight excluding hydrogens is 262 g/mol. The number of nitrogens with one attached hydrogen (secondary N) is 1. The number of rotatable bonds is 5. The lowest BCUT2D eigenvalue weighted by Gasteiger charge is -2.10. The molecule has 3 nitrogen and oxygen atoms in total. The number of alkyl halides is 3. The first-order chi connectivity index (χ1) is 8.65. The topological polar surface area (TPSA) is 37.9 Å². The fraction of sp³-hybridized carbons (Fsp3) is 0.250. The van der Waals surface area contributed by atoms with Crippen LogP contribution in [0.2, 0.25) is 0 Å². The molecule has 2 rings (SSSR count). The Labute approximate surface area is 108 Å². The number of hydrogen-bond acceptors (Lipinski definition) is 2. The molecule has 18 heavy (non-hydrogen) atoms. The largest absolute Gasteiger partial charge is 0.435 e. The van der Waals surface area contributed by atoms with E-state index in [4.69, 9.17) is 11.6 Å². The predicted octanol–water partition coefficient (Wildman–Crippen LogP) is 3.53. The van der Waals surface area contributed by atoms with Crippen molar-refractivity contribution in [3.63, 3.8) is 0 Å². The first-order valence-electron chi connectivity index (χ1n) is 5.32. The van der Waals surface area contributed by atoms with Gasteiger partial charge in [-0.15, -0.1) is 11.6 Å². The Balaban J connectivity index is 2.07. The molecule has 1 aromatic carbocycles. The molecule has 6 heteroatoms. The third-order valence-corrected chi connectivity index (χ3v) is 2.78. The molecular formula is C12H11ClF2N2O. The summed E-state index contributed by atoms with van der Waals surface area (Å²) in [6.07, 6.45) is 3.83. The van der Waals surface area contributed by atoms with Gasteiger partial charge in [-0.05, 0) is 17.7 Å². The normalized spacial score (nSPS) is 12.7. The molecule has 96 valence electrons. The summed E-state index contributed by atoms with van der Waals surface area (Å²) in [6.45, 7) is -2.83. The minimum Gasteiger partial charge on any atom is -0.435 e. The van der Waals surface area contributed by atoms with Crippen LogP contribution in [-0.4, -0.2) is 16.6 Å². The van der Waals surface area contributed by atoms with Crippen LogP contribution < -0.4 is 4.74 Å². The minimum absolute atomic E-state index is 0.104. The number of H-pyrrole nitrogens is 1. The first kappa shape index (κ1) is 12.8. The van der Waals surface area contributed by atoms with Crippen LogP contribution in [0.4, 0.5) is 8.78 Å². The van der Waals surface area contributed by atoms with Crippen molar-refractivity contribution in [3.8, 4) is 5.75 Å². The average Bonchev–Trinajstić information content (AvgIpc) is 2.81. The molecule has 0 bridgehead atoms. The number of ether oxygens (including phenoxy) is 1. The number of benzene rings is 1. The van der Waals surface area contributed by atoms with E-state index in [-0.39, 0.29) is 11.1 Å². The molecule has 0 saturated carbocycles. The van der Waals surface area contributed by atoms with Crippen molar-refractivity contribution < 1.29 is 13.5 Å². The van der Waals surface area contributed by atoms with Crippen LogP contribution in [0.5, 0.6) is 5.75 Å². The summed E-state index contributed by atoms with van der Waals surface area (Å²) < 4.78 is 28.5. The minimum atomic E-state index is -2.83. The Morgan fingerprint density at radius 1 is 1.39 bits per heavy atom. The third-order valence-electron chi connectivity index (χ3n) is 2.37. The SMILES string of the molecule is FC(F)Oc1cccc(C(Cl)Cc2ncc[nH]2)c1. The van der Waals surface area contributed by atoms with Crippen molar-refractivity contribution in [1.29, 1.82) is 0 Å². The van der Waals surface area contributed by atoms with Crippen LogP contribution in [-0.2, 0) is 6.42 Å². The summed E-state index contributed by atoms with van der Waals surface area (Å²) in [5, 5.41) is -0.350. The van der Waals surface area contributed by atoms with Gasteiger partial charge in [0, 0.05) is 18.8 Å². The zero-order valence-corrected chi connectivity index (χ0v) is 10.1. The van der Waals surface area contributed by atoms with Crippen molar-refractivity contribution in [2.45, 2.75) is 18.4 Å². The predicted molar refractivity (Wildman–Crippen MR) is 64.0 cm³/mol. The van der Waals surface area contributed by atoms with Crippen molar-refractivity contribution in [1.82, 2.24) is 9.97 Å². The van der Waals surface area contributed by atoms with E-state index in [0.717, 1.165) is 5.82 Å². The van der Waals surface area contributed by atoms with Gasteiger partial charge >= 0.3 is 6.61 Å². The number of aromatic amines is 1. The van der Waals surface area contributed by atoms with E-state index >= 15 is 0 Å². The number of aromatic nitrogens is 2. The Morgan fingerprint density at radius 2 is 2.22 bits per heavy atom. The van der Waals surface area contributed by atoms with Crippen molar-refractivity contribution in [2.24, 2.45) is 0 Å². The molecule has 0 fully saturated rings. The van der Waals surface area contributed by atoms with Crippen molar-refractivity contribution >= 4 is 11.6 Å². The zero-order chi connectivity index (χ0) is 13.0. The molecule has 1 heterocycles. The maximum atomic E-state index is 12.1. The summed E-state index contributed by atoms with van der Waals surface area (Å²) in [5.74, 6) is 0.850. The first-order valence-corrected chi connectivity index (χ1v) is 5.76. The molecule has 1 atom stereocenters. The molecule has 0 saturated heterocycles. The standard InChI is InChI=1S/C12H11ClF2N2O/c13-10(7-11-16-4-5-17-11)8-2-1-3-9(6-8)18-12(14)15/h1-6,10,12H,7H2,(H,16,17). The van der Waals surface area contributed by atoms with E-state index in [2.05, 4.69) is 14.7 Å². The van der Waals surface area contributed by atoms with Crippen LogP contribution in [0.1, 0.15) is 16.8 Å². The molecule has 1 aromatic heterocycles. The fourth-order valence-electron chi connectivity index (χ4n) is 1.58. The van der Waals surface area contributed by atoms with Crippen LogP contribution in [0.3, 0.4) is 0 Å². The van der Waals surface area contributed by atoms with Gasteiger partial charge in [-0.25, -0.2) is 4.98 Å². The fourth-order valence-corrected chi connectivity index (χ4v) is 1.86. The smallest absolute Gasteiger partial charge is 0.387 e. The Kier molecular flexibility index (Phi) is 4.15. The number of nitrogens with zero attached hydrogens (tertiary/aromatic N) is 1. The highest BCUT2D eigenvalue weighted by Crippen LogP contribution is 2.27. The molecule has 2 aromatic rings. The number of hydrogen-bond donors (Lipinski definition) is 1. The Bertz CT molecular complexity index is 491. The van der Waals surface area contributed by atoms with Gasteiger partial charge in [0.25, 0.3) is 0 Å². The van der Waals surface area contributed by atoms with Gasteiger partial charge in [-0.3, -0.25) is 0 Å². The maximum Gasteiger partial charge on any atom is 0.387 e. The highest BCUT2D eigenvalue weighted by atomic mass is 35.5. The summed E-state index contributed by atoms with van der Waals surface area (Å²) in [5.41, 5.74) is 0.714. The second-order valence-electron chi connectivity index (χ2n) is 3.66. The zero-order valence-electron chi connectivity index (χ0n) is 9.32. The van der Waals surface area contributed by atoms with Gasteiger partial charge in [-0.1, -0.05) is 12.1 Å². The summed E-state index contributed by atoms with van der Waals surface area (Å²) in [7, 11) is 0. The number of imidazole rings is 1. The molecule has 1 unspecified atom stereocenters. The summed E-state index contributed by atoms with van der Waals surface area (Å²) in [6, 6.07) is 6.36. The van der Waals surface area contributed by atoms with Crippen LogP contribution in [0, 0.1) is 0 Å². The van der Waals surface area contributed by atoms with Gasteiger partial charge in [0.1, 0.15) is 11.6 Å². The molecule has 1 N–H and O–H groups in total. The monoisotopic (exact) mass is 272 g/mol. The van der Waals surface area contributed by atoms with Gasteiger partial charge in [0.2, 0.25) is 0 Å². The highest BCUT2D eigenvalue weighted by molar-refractivity contribution is 6.20. The van der Waals surface area contributed by atoms with Gasteiger partial charge in [0.15, 0.2) is 0 Å². The second-order valence-corrected chi connectivity index (χ2v) is 4.19.